The highest BCUT2D eigenvalue weighted by molar-refractivity contribution is 5.69. The number of unbranched alkanes of at least 4 members (excludes halogenated alkanes) is 5. The molecule has 3 heteroatoms. The molecule has 1 atom stereocenters. The summed E-state index contributed by atoms with van der Waals surface area (Å²) < 4.78 is 5.13. The first-order chi connectivity index (χ1) is 8.70. The summed E-state index contributed by atoms with van der Waals surface area (Å²) in [6.07, 6.45) is 9.51. The van der Waals surface area contributed by atoms with E-state index in [9.17, 15) is 9.90 Å². The van der Waals surface area contributed by atoms with Crippen molar-refractivity contribution in [3.05, 3.63) is 0 Å². The topological polar surface area (TPSA) is 46.5 Å². The summed E-state index contributed by atoms with van der Waals surface area (Å²) in [5, 5.41) is 9.37. The fourth-order valence-electron chi connectivity index (χ4n) is 1.82. The van der Waals surface area contributed by atoms with Crippen LogP contribution in [0.3, 0.4) is 0 Å². The SMILES string of the molecule is CCCCCOC(=O)CCCCCCC(O)CC. The fraction of sp³-hybridized carbons (Fsp3) is 0.933. The number of aliphatic hydroxyl groups is 1. The Hall–Kier alpha value is -0.570. The van der Waals surface area contributed by atoms with Crippen LogP contribution in [0.5, 0.6) is 0 Å². The van der Waals surface area contributed by atoms with Crippen molar-refractivity contribution in [2.24, 2.45) is 0 Å². The van der Waals surface area contributed by atoms with E-state index < -0.39 is 0 Å². The van der Waals surface area contributed by atoms with Gasteiger partial charge in [-0.15, -0.1) is 0 Å². The first-order valence-corrected chi connectivity index (χ1v) is 7.54. The van der Waals surface area contributed by atoms with Crippen molar-refractivity contribution in [3.8, 4) is 0 Å². The quantitative estimate of drug-likeness (QED) is 0.427. The molecule has 0 aliphatic rings. The lowest BCUT2D eigenvalue weighted by Gasteiger charge is -2.07. The van der Waals surface area contributed by atoms with E-state index in [1.54, 1.807) is 0 Å². The lowest BCUT2D eigenvalue weighted by atomic mass is 10.1. The van der Waals surface area contributed by atoms with Crippen LogP contribution in [0.1, 0.15) is 78.1 Å². The summed E-state index contributed by atoms with van der Waals surface area (Å²) in [5.41, 5.74) is 0. The average molecular weight is 258 g/mol. The molecule has 108 valence electrons. The van der Waals surface area contributed by atoms with Crippen LogP contribution in [0.25, 0.3) is 0 Å². The average Bonchev–Trinajstić information content (AvgIpc) is 2.38. The van der Waals surface area contributed by atoms with Crippen LogP contribution in [0, 0.1) is 0 Å². The van der Waals surface area contributed by atoms with Crippen LogP contribution < -0.4 is 0 Å². The smallest absolute Gasteiger partial charge is 0.305 e. The number of hydrogen-bond acceptors (Lipinski definition) is 3. The Labute approximate surface area is 112 Å². The minimum Gasteiger partial charge on any atom is -0.466 e. The van der Waals surface area contributed by atoms with E-state index >= 15 is 0 Å². The predicted octanol–water partition coefficient (Wildman–Crippen LogP) is 3.83. The molecule has 0 radical (unpaired) electrons. The first-order valence-electron chi connectivity index (χ1n) is 7.54. The number of aliphatic hydroxyl groups excluding tert-OH is 1. The third-order valence-corrected chi connectivity index (χ3v) is 3.15. The zero-order valence-corrected chi connectivity index (χ0v) is 12.1. The zero-order chi connectivity index (χ0) is 13.6. The summed E-state index contributed by atoms with van der Waals surface area (Å²) in [6, 6.07) is 0. The van der Waals surface area contributed by atoms with Gasteiger partial charge in [0.05, 0.1) is 12.7 Å². The Morgan fingerprint density at radius 1 is 1.06 bits per heavy atom. The highest BCUT2D eigenvalue weighted by atomic mass is 16.5. The molecule has 0 saturated heterocycles. The van der Waals surface area contributed by atoms with E-state index in [2.05, 4.69) is 6.92 Å². The third-order valence-electron chi connectivity index (χ3n) is 3.15. The Balaban J connectivity index is 3.20. The molecule has 0 fully saturated rings. The molecular weight excluding hydrogens is 228 g/mol. The summed E-state index contributed by atoms with van der Waals surface area (Å²) >= 11 is 0. The van der Waals surface area contributed by atoms with Crippen LogP contribution in [-0.4, -0.2) is 23.8 Å². The van der Waals surface area contributed by atoms with Crippen molar-refractivity contribution in [2.75, 3.05) is 6.61 Å². The van der Waals surface area contributed by atoms with Gasteiger partial charge in [-0.25, -0.2) is 0 Å². The van der Waals surface area contributed by atoms with Gasteiger partial charge in [0, 0.05) is 6.42 Å². The van der Waals surface area contributed by atoms with E-state index in [1.807, 2.05) is 6.92 Å². The first kappa shape index (κ1) is 17.4. The summed E-state index contributed by atoms with van der Waals surface area (Å²) in [4.78, 5) is 11.3. The van der Waals surface area contributed by atoms with Gasteiger partial charge in [0.2, 0.25) is 0 Å². The van der Waals surface area contributed by atoms with Gasteiger partial charge in [-0.3, -0.25) is 4.79 Å². The highest BCUT2D eigenvalue weighted by Gasteiger charge is 2.03. The van der Waals surface area contributed by atoms with E-state index in [0.29, 0.717) is 13.0 Å². The van der Waals surface area contributed by atoms with Crippen molar-refractivity contribution in [1.29, 1.82) is 0 Å². The molecule has 1 unspecified atom stereocenters. The van der Waals surface area contributed by atoms with E-state index in [-0.39, 0.29) is 12.1 Å². The number of carbonyl (C=O) groups is 1. The predicted molar refractivity (Wildman–Crippen MR) is 74.5 cm³/mol. The monoisotopic (exact) mass is 258 g/mol. The molecule has 0 aromatic carbocycles. The Bertz CT molecular complexity index is 192. The number of ether oxygens (including phenoxy) is 1. The Morgan fingerprint density at radius 2 is 1.78 bits per heavy atom. The molecule has 0 aliphatic heterocycles. The number of rotatable bonds is 12. The van der Waals surface area contributed by atoms with E-state index in [1.165, 1.54) is 0 Å². The molecule has 0 amide bonds. The standard InChI is InChI=1S/C15H30O3/c1-3-5-10-13-18-15(17)12-9-7-6-8-11-14(16)4-2/h14,16H,3-13H2,1-2H3. The molecule has 0 aliphatic carbocycles. The zero-order valence-electron chi connectivity index (χ0n) is 12.1. The van der Waals surface area contributed by atoms with Crippen molar-refractivity contribution >= 4 is 5.97 Å². The molecule has 0 heterocycles. The molecule has 0 saturated carbocycles. The Morgan fingerprint density at radius 3 is 2.44 bits per heavy atom. The maximum absolute atomic E-state index is 11.3. The maximum Gasteiger partial charge on any atom is 0.305 e. The minimum atomic E-state index is -0.145. The molecule has 0 aromatic heterocycles. The number of carbonyl (C=O) groups excluding carboxylic acids is 1. The second-order valence-electron chi connectivity index (χ2n) is 4.94. The molecule has 1 N–H and O–H groups in total. The lowest BCUT2D eigenvalue weighted by molar-refractivity contribution is -0.143. The summed E-state index contributed by atoms with van der Waals surface area (Å²) in [6.45, 7) is 4.71. The molecule has 0 bridgehead atoms. The molecular formula is C15H30O3. The van der Waals surface area contributed by atoms with Gasteiger partial charge in [0.1, 0.15) is 0 Å². The largest absolute Gasteiger partial charge is 0.466 e. The van der Waals surface area contributed by atoms with E-state index in [0.717, 1.165) is 57.8 Å². The molecule has 0 aromatic rings. The van der Waals surface area contributed by atoms with Crippen molar-refractivity contribution in [3.63, 3.8) is 0 Å². The minimum absolute atomic E-state index is 0.0558. The normalized spacial score (nSPS) is 12.4. The Kier molecular flexibility index (Phi) is 12.5. The highest BCUT2D eigenvalue weighted by Crippen LogP contribution is 2.09. The molecule has 0 spiro atoms. The lowest BCUT2D eigenvalue weighted by Crippen LogP contribution is -2.06. The number of hydrogen-bond donors (Lipinski definition) is 1. The van der Waals surface area contributed by atoms with Gasteiger partial charge < -0.3 is 9.84 Å². The van der Waals surface area contributed by atoms with Crippen LogP contribution in [0.15, 0.2) is 0 Å². The van der Waals surface area contributed by atoms with Gasteiger partial charge in [-0.2, -0.15) is 0 Å². The van der Waals surface area contributed by atoms with Crippen molar-refractivity contribution < 1.29 is 14.6 Å². The van der Waals surface area contributed by atoms with E-state index in [4.69, 9.17) is 4.74 Å². The van der Waals surface area contributed by atoms with Gasteiger partial charge in [0.15, 0.2) is 0 Å². The summed E-state index contributed by atoms with van der Waals surface area (Å²) in [5.74, 6) is -0.0558. The van der Waals surface area contributed by atoms with Gasteiger partial charge in [-0.1, -0.05) is 46.0 Å². The second kappa shape index (κ2) is 12.9. The van der Waals surface area contributed by atoms with Gasteiger partial charge in [0.25, 0.3) is 0 Å². The van der Waals surface area contributed by atoms with Crippen molar-refractivity contribution in [2.45, 2.75) is 84.2 Å². The van der Waals surface area contributed by atoms with Crippen LogP contribution in [0.4, 0.5) is 0 Å². The van der Waals surface area contributed by atoms with Gasteiger partial charge in [-0.05, 0) is 25.7 Å². The van der Waals surface area contributed by atoms with Crippen LogP contribution in [-0.2, 0) is 9.53 Å². The number of esters is 1. The second-order valence-corrected chi connectivity index (χ2v) is 4.94. The molecule has 18 heavy (non-hydrogen) atoms. The van der Waals surface area contributed by atoms with Crippen molar-refractivity contribution in [1.82, 2.24) is 0 Å². The molecule has 0 rings (SSSR count). The van der Waals surface area contributed by atoms with Crippen LogP contribution >= 0.6 is 0 Å². The van der Waals surface area contributed by atoms with Gasteiger partial charge >= 0.3 is 5.97 Å². The maximum atomic E-state index is 11.3. The van der Waals surface area contributed by atoms with Crippen LogP contribution in [0.2, 0.25) is 0 Å². The fourth-order valence-corrected chi connectivity index (χ4v) is 1.82. The third kappa shape index (κ3) is 11.9. The summed E-state index contributed by atoms with van der Waals surface area (Å²) in [7, 11) is 0. The molecule has 3 nitrogen and oxygen atoms in total.